The van der Waals surface area contributed by atoms with Crippen molar-refractivity contribution in [2.75, 3.05) is 13.7 Å². The molecule has 0 aliphatic heterocycles. The van der Waals surface area contributed by atoms with Crippen molar-refractivity contribution >= 4 is 16.9 Å². The molecular formula is C21H20O6. The van der Waals surface area contributed by atoms with Crippen LogP contribution in [0.3, 0.4) is 0 Å². The zero-order valence-corrected chi connectivity index (χ0v) is 15.4. The van der Waals surface area contributed by atoms with Crippen LogP contribution in [0.4, 0.5) is 0 Å². The summed E-state index contributed by atoms with van der Waals surface area (Å²) in [7, 11) is 1.60. The van der Waals surface area contributed by atoms with Gasteiger partial charge in [0.15, 0.2) is 6.10 Å². The Labute approximate surface area is 156 Å². The summed E-state index contributed by atoms with van der Waals surface area (Å²) in [6, 6.07) is 14.0. The van der Waals surface area contributed by atoms with E-state index in [1.54, 1.807) is 39.2 Å². The standard InChI is InChI=1S/C21H20O6/c1-4-25-21(23)13(2)26-16-9-10-17-18(12-20(22)27-19(17)11-16)14-5-7-15(24-3)8-6-14/h5-13H,4H2,1-3H3/t13-/m1/s1. The van der Waals surface area contributed by atoms with Gasteiger partial charge in [0.25, 0.3) is 0 Å². The normalized spacial score (nSPS) is 11.8. The number of carbonyl (C=O) groups is 1. The van der Waals surface area contributed by atoms with Gasteiger partial charge >= 0.3 is 11.6 Å². The molecule has 0 aliphatic rings. The molecule has 0 saturated carbocycles. The Hall–Kier alpha value is -3.28. The van der Waals surface area contributed by atoms with Crippen LogP contribution >= 0.6 is 0 Å². The largest absolute Gasteiger partial charge is 0.497 e. The quantitative estimate of drug-likeness (QED) is 0.487. The monoisotopic (exact) mass is 368 g/mol. The molecule has 3 aromatic rings. The highest BCUT2D eigenvalue weighted by Crippen LogP contribution is 2.31. The van der Waals surface area contributed by atoms with E-state index in [-0.39, 0.29) is 6.61 Å². The first-order valence-corrected chi connectivity index (χ1v) is 8.57. The number of methoxy groups -OCH3 is 1. The number of hydrogen-bond donors (Lipinski definition) is 0. The van der Waals surface area contributed by atoms with E-state index in [1.165, 1.54) is 6.07 Å². The molecule has 1 aromatic heterocycles. The lowest BCUT2D eigenvalue weighted by Gasteiger charge is -2.14. The van der Waals surface area contributed by atoms with Crippen molar-refractivity contribution in [1.29, 1.82) is 0 Å². The van der Waals surface area contributed by atoms with Crippen LogP contribution in [0.1, 0.15) is 13.8 Å². The minimum atomic E-state index is -0.765. The predicted molar refractivity (Wildman–Crippen MR) is 101 cm³/mol. The van der Waals surface area contributed by atoms with Crippen molar-refractivity contribution in [3.05, 3.63) is 59.0 Å². The molecule has 1 atom stereocenters. The molecular weight excluding hydrogens is 348 g/mol. The summed E-state index contributed by atoms with van der Waals surface area (Å²) in [5.41, 5.74) is 1.52. The SMILES string of the molecule is CCOC(=O)[C@@H](C)Oc1ccc2c(-c3ccc(OC)cc3)cc(=O)oc2c1. The van der Waals surface area contributed by atoms with Crippen LogP contribution in [0.15, 0.2) is 57.7 Å². The Morgan fingerprint density at radius 2 is 1.78 bits per heavy atom. The maximum Gasteiger partial charge on any atom is 0.347 e. The fraction of sp³-hybridized carbons (Fsp3) is 0.238. The van der Waals surface area contributed by atoms with Crippen LogP contribution in [-0.2, 0) is 9.53 Å². The van der Waals surface area contributed by atoms with Crippen molar-refractivity contribution in [3.63, 3.8) is 0 Å². The second-order valence-corrected chi connectivity index (χ2v) is 5.88. The minimum absolute atomic E-state index is 0.282. The molecule has 0 spiro atoms. The average molecular weight is 368 g/mol. The molecule has 140 valence electrons. The van der Waals surface area contributed by atoms with Crippen molar-refractivity contribution in [2.45, 2.75) is 20.0 Å². The summed E-state index contributed by atoms with van der Waals surface area (Å²) < 4.78 is 21.0. The molecule has 0 fully saturated rings. The zero-order chi connectivity index (χ0) is 19.4. The van der Waals surface area contributed by atoms with Gasteiger partial charge in [-0.3, -0.25) is 0 Å². The van der Waals surface area contributed by atoms with Gasteiger partial charge in [0.2, 0.25) is 0 Å². The molecule has 6 heteroatoms. The molecule has 0 N–H and O–H groups in total. The van der Waals surface area contributed by atoms with Gasteiger partial charge in [0, 0.05) is 17.5 Å². The first-order valence-electron chi connectivity index (χ1n) is 8.57. The third-order valence-electron chi connectivity index (χ3n) is 4.05. The van der Waals surface area contributed by atoms with Crippen LogP contribution in [-0.4, -0.2) is 25.8 Å². The Morgan fingerprint density at radius 3 is 2.44 bits per heavy atom. The van der Waals surface area contributed by atoms with Gasteiger partial charge in [-0.25, -0.2) is 9.59 Å². The molecule has 27 heavy (non-hydrogen) atoms. The van der Waals surface area contributed by atoms with Gasteiger partial charge in [-0.2, -0.15) is 0 Å². The number of carbonyl (C=O) groups excluding carboxylic acids is 1. The van der Waals surface area contributed by atoms with E-state index in [9.17, 15) is 9.59 Å². The molecule has 0 amide bonds. The highest BCUT2D eigenvalue weighted by atomic mass is 16.6. The highest BCUT2D eigenvalue weighted by Gasteiger charge is 2.17. The molecule has 0 radical (unpaired) electrons. The minimum Gasteiger partial charge on any atom is -0.497 e. The molecule has 0 saturated heterocycles. The van der Waals surface area contributed by atoms with Gasteiger partial charge in [-0.1, -0.05) is 12.1 Å². The smallest absolute Gasteiger partial charge is 0.347 e. The van der Waals surface area contributed by atoms with Gasteiger partial charge in [0.05, 0.1) is 13.7 Å². The maximum atomic E-state index is 12.0. The van der Waals surface area contributed by atoms with E-state index >= 15 is 0 Å². The Bertz CT molecular complexity index is 1000. The number of ether oxygens (including phenoxy) is 3. The van der Waals surface area contributed by atoms with Gasteiger partial charge in [-0.05, 0) is 49.2 Å². The lowest BCUT2D eigenvalue weighted by Crippen LogP contribution is -2.26. The lowest BCUT2D eigenvalue weighted by molar-refractivity contribution is -0.150. The van der Waals surface area contributed by atoms with Gasteiger partial charge in [0.1, 0.15) is 17.1 Å². The zero-order valence-electron chi connectivity index (χ0n) is 15.4. The fourth-order valence-corrected chi connectivity index (χ4v) is 2.74. The molecule has 6 nitrogen and oxygen atoms in total. The molecule has 0 aliphatic carbocycles. The van der Waals surface area contributed by atoms with Gasteiger partial charge < -0.3 is 18.6 Å². The van der Waals surface area contributed by atoms with Crippen LogP contribution in [0.2, 0.25) is 0 Å². The van der Waals surface area contributed by atoms with E-state index in [0.717, 1.165) is 22.3 Å². The molecule has 3 rings (SSSR count). The summed E-state index contributed by atoms with van der Waals surface area (Å²) in [6.45, 7) is 3.62. The topological polar surface area (TPSA) is 75.0 Å². The Balaban J connectivity index is 1.98. The third-order valence-corrected chi connectivity index (χ3v) is 4.05. The highest BCUT2D eigenvalue weighted by molar-refractivity contribution is 5.93. The van der Waals surface area contributed by atoms with E-state index in [2.05, 4.69) is 0 Å². The second-order valence-electron chi connectivity index (χ2n) is 5.88. The van der Waals surface area contributed by atoms with Crippen LogP contribution in [0.5, 0.6) is 11.5 Å². The summed E-state index contributed by atoms with van der Waals surface area (Å²) in [5, 5.41) is 0.760. The summed E-state index contributed by atoms with van der Waals surface area (Å²) >= 11 is 0. The molecule has 2 aromatic carbocycles. The predicted octanol–water partition coefficient (Wildman–Crippen LogP) is 3.80. The third kappa shape index (κ3) is 4.11. The maximum absolute atomic E-state index is 12.0. The second kappa shape index (κ2) is 7.95. The van der Waals surface area contributed by atoms with E-state index in [1.807, 2.05) is 24.3 Å². The molecule has 0 unspecified atom stereocenters. The van der Waals surface area contributed by atoms with E-state index < -0.39 is 17.7 Å². The van der Waals surface area contributed by atoms with Crippen molar-refractivity contribution in [1.82, 2.24) is 0 Å². The van der Waals surface area contributed by atoms with Crippen LogP contribution < -0.4 is 15.1 Å². The number of fused-ring (bicyclic) bond motifs is 1. The Kier molecular flexibility index (Phi) is 5.45. The summed E-state index contributed by atoms with van der Waals surface area (Å²) in [6.07, 6.45) is -0.765. The lowest BCUT2D eigenvalue weighted by atomic mass is 10.0. The van der Waals surface area contributed by atoms with Crippen LogP contribution in [0.25, 0.3) is 22.1 Å². The molecule has 0 bridgehead atoms. The number of rotatable bonds is 6. The van der Waals surface area contributed by atoms with Crippen LogP contribution in [0, 0.1) is 0 Å². The fourth-order valence-electron chi connectivity index (χ4n) is 2.74. The number of benzene rings is 2. The molecule has 1 heterocycles. The first kappa shape index (κ1) is 18.5. The van der Waals surface area contributed by atoms with Crippen molar-refractivity contribution in [2.24, 2.45) is 0 Å². The van der Waals surface area contributed by atoms with Gasteiger partial charge in [-0.15, -0.1) is 0 Å². The summed E-state index contributed by atoms with van der Waals surface area (Å²) in [4.78, 5) is 23.7. The summed E-state index contributed by atoms with van der Waals surface area (Å²) in [5.74, 6) is 0.693. The van der Waals surface area contributed by atoms with E-state index in [4.69, 9.17) is 18.6 Å². The van der Waals surface area contributed by atoms with Crippen molar-refractivity contribution < 1.29 is 23.4 Å². The Morgan fingerprint density at radius 1 is 1.07 bits per heavy atom. The average Bonchev–Trinajstić information content (AvgIpc) is 2.67. The van der Waals surface area contributed by atoms with Crippen molar-refractivity contribution in [3.8, 4) is 22.6 Å². The number of hydrogen-bond acceptors (Lipinski definition) is 6. The van der Waals surface area contributed by atoms with E-state index in [0.29, 0.717) is 11.3 Å². The number of esters is 1. The first-order chi connectivity index (χ1) is 13.0.